The van der Waals surface area contributed by atoms with Gasteiger partial charge in [-0.15, -0.1) is 0 Å². The molecule has 6 rings (SSSR count). The molecular formula is C34H36FN3O6S. The minimum atomic E-state index is -4.43. The van der Waals surface area contributed by atoms with Crippen molar-refractivity contribution in [3.63, 3.8) is 0 Å². The van der Waals surface area contributed by atoms with Crippen molar-refractivity contribution in [2.45, 2.75) is 70.5 Å². The summed E-state index contributed by atoms with van der Waals surface area (Å²) in [7, 11) is -4.43. The average molecular weight is 634 g/mol. The number of nitrogens with zero attached hydrogens (tertiary/aromatic N) is 2. The molecule has 9 nitrogen and oxygen atoms in total. The molecule has 1 amide bonds. The molecule has 0 spiro atoms. The van der Waals surface area contributed by atoms with Crippen molar-refractivity contribution in [2.75, 3.05) is 13.1 Å². The molecule has 1 aromatic heterocycles. The van der Waals surface area contributed by atoms with Crippen molar-refractivity contribution in [3.05, 3.63) is 82.7 Å². The molecule has 1 N–H and O–H groups in total. The van der Waals surface area contributed by atoms with Gasteiger partial charge in [-0.1, -0.05) is 18.6 Å². The van der Waals surface area contributed by atoms with Crippen LogP contribution >= 0.6 is 0 Å². The van der Waals surface area contributed by atoms with E-state index in [1.165, 1.54) is 42.0 Å². The summed E-state index contributed by atoms with van der Waals surface area (Å²) in [5.74, 6) is -1.20. The van der Waals surface area contributed by atoms with E-state index in [2.05, 4.69) is 16.3 Å². The topological polar surface area (TPSA) is 107 Å². The maximum atomic E-state index is 13.9. The zero-order valence-electron chi connectivity index (χ0n) is 25.8. The number of benzene rings is 3. The number of ether oxygens (including phenoxy) is 1. The van der Waals surface area contributed by atoms with Gasteiger partial charge in [-0.25, -0.2) is 13.8 Å². The third-order valence-corrected chi connectivity index (χ3v) is 9.49. The van der Waals surface area contributed by atoms with Crippen molar-refractivity contribution < 1.29 is 31.3 Å². The van der Waals surface area contributed by atoms with Gasteiger partial charge in [0.05, 0.1) is 16.8 Å². The molecule has 2 aliphatic heterocycles. The van der Waals surface area contributed by atoms with Crippen molar-refractivity contribution in [2.24, 2.45) is 0 Å². The molecule has 3 heterocycles. The highest BCUT2D eigenvalue weighted by atomic mass is 32.2. The molecule has 0 bridgehead atoms. The Hall–Kier alpha value is -4.22. The number of aromatic nitrogens is 1. The van der Waals surface area contributed by atoms with Crippen LogP contribution in [0.15, 0.2) is 59.5 Å². The largest absolute Gasteiger partial charge is 0.443 e. The Kier molecular flexibility index (Phi) is 7.94. The third-order valence-electron chi connectivity index (χ3n) is 8.11. The highest BCUT2D eigenvalue weighted by Gasteiger charge is 2.32. The van der Waals surface area contributed by atoms with E-state index in [1.807, 2.05) is 18.2 Å². The summed E-state index contributed by atoms with van der Waals surface area (Å²) in [6, 6.07) is 14.3. The fourth-order valence-corrected chi connectivity index (χ4v) is 7.26. The minimum absolute atomic E-state index is 0.0155. The van der Waals surface area contributed by atoms with E-state index in [4.69, 9.17) is 8.92 Å². The fourth-order valence-electron chi connectivity index (χ4n) is 6.06. The van der Waals surface area contributed by atoms with E-state index in [0.717, 1.165) is 36.7 Å². The zero-order valence-corrected chi connectivity index (χ0v) is 26.6. The number of nitrogens with one attached hydrogen (secondary N) is 1. The van der Waals surface area contributed by atoms with Crippen LogP contribution in [0.1, 0.15) is 67.1 Å². The van der Waals surface area contributed by atoms with Gasteiger partial charge in [0.25, 0.3) is 5.91 Å². The van der Waals surface area contributed by atoms with Crippen molar-refractivity contribution >= 4 is 33.0 Å². The number of rotatable bonds is 6. The highest BCUT2D eigenvalue weighted by molar-refractivity contribution is 7.87. The lowest BCUT2D eigenvalue weighted by Gasteiger charge is -2.26. The molecule has 4 aromatic rings. The van der Waals surface area contributed by atoms with E-state index in [-0.39, 0.29) is 22.8 Å². The molecular weight excluding hydrogens is 597 g/mol. The first kappa shape index (κ1) is 30.8. The monoisotopic (exact) mass is 633 g/mol. The Labute approximate surface area is 262 Å². The third kappa shape index (κ3) is 6.19. The van der Waals surface area contributed by atoms with E-state index in [0.29, 0.717) is 27.9 Å². The molecule has 45 heavy (non-hydrogen) atoms. The highest BCUT2D eigenvalue weighted by Crippen LogP contribution is 2.39. The van der Waals surface area contributed by atoms with Gasteiger partial charge < -0.3 is 14.2 Å². The number of likely N-dealkylation sites (tertiary alicyclic amines) is 1. The van der Waals surface area contributed by atoms with Crippen LogP contribution in [0.3, 0.4) is 0 Å². The van der Waals surface area contributed by atoms with Crippen LogP contribution in [0.2, 0.25) is 0 Å². The van der Waals surface area contributed by atoms with Gasteiger partial charge in [-0.3, -0.25) is 9.69 Å². The van der Waals surface area contributed by atoms with Gasteiger partial charge in [-0.05, 0) is 107 Å². The SMILES string of the molecule is Cc1ccc(F)cc1S(=O)(=O)Oc1ccc(-c2cc3cc(CN4CCCCC4)ccc3n2C(=O)OC(C)(C)C)c2c1CNC2=O. The number of aryl methyl sites for hydroxylation is 1. The first-order chi connectivity index (χ1) is 21.3. The first-order valence-electron chi connectivity index (χ1n) is 15.1. The van der Waals surface area contributed by atoms with Crippen molar-refractivity contribution in [1.82, 2.24) is 14.8 Å². The van der Waals surface area contributed by atoms with Crippen LogP contribution in [0.5, 0.6) is 5.75 Å². The van der Waals surface area contributed by atoms with Crippen LogP contribution < -0.4 is 9.50 Å². The number of hydrogen-bond donors (Lipinski definition) is 1. The molecule has 1 fully saturated rings. The summed E-state index contributed by atoms with van der Waals surface area (Å²) in [6.45, 7) is 9.80. The normalized spacial score (nSPS) is 15.6. The zero-order chi connectivity index (χ0) is 32.1. The van der Waals surface area contributed by atoms with Gasteiger partial charge in [0.1, 0.15) is 22.1 Å². The number of hydrogen-bond acceptors (Lipinski definition) is 7. The van der Waals surface area contributed by atoms with Crippen molar-refractivity contribution in [3.8, 4) is 17.0 Å². The number of fused-ring (bicyclic) bond motifs is 2. The lowest BCUT2D eigenvalue weighted by molar-refractivity contribution is 0.0546. The Bertz CT molecular complexity index is 1940. The molecule has 1 saturated heterocycles. The van der Waals surface area contributed by atoms with E-state index in [9.17, 15) is 22.4 Å². The Morgan fingerprint density at radius 2 is 1.76 bits per heavy atom. The fraction of sp³-hybridized carbons (Fsp3) is 0.353. The summed E-state index contributed by atoms with van der Waals surface area (Å²) in [4.78, 5) is 29.1. The number of halogens is 1. The maximum absolute atomic E-state index is 13.9. The van der Waals surface area contributed by atoms with Gasteiger partial charge in [-0.2, -0.15) is 8.42 Å². The van der Waals surface area contributed by atoms with E-state index in [1.54, 1.807) is 33.8 Å². The Morgan fingerprint density at radius 1 is 1.00 bits per heavy atom. The lowest BCUT2D eigenvalue weighted by Crippen LogP contribution is -2.29. The molecule has 2 aliphatic rings. The summed E-state index contributed by atoms with van der Waals surface area (Å²) in [5.41, 5.74) is 2.64. The van der Waals surface area contributed by atoms with E-state index < -0.39 is 33.5 Å². The van der Waals surface area contributed by atoms with Gasteiger partial charge >= 0.3 is 16.2 Å². The second-order valence-corrected chi connectivity index (χ2v) is 14.2. The summed E-state index contributed by atoms with van der Waals surface area (Å²) < 4.78 is 53.1. The Morgan fingerprint density at radius 3 is 2.49 bits per heavy atom. The molecule has 0 atom stereocenters. The van der Waals surface area contributed by atoms with E-state index >= 15 is 0 Å². The predicted octanol–water partition coefficient (Wildman–Crippen LogP) is 6.54. The lowest BCUT2D eigenvalue weighted by atomic mass is 9.99. The summed E-state index contributed by atoms with van der Waals surface area (Å²) in [6.07, 6.45) is 3.00. The molecule has 0 saturated carbocycles. The summed E-state index contributed by atoms with van der Waals surface area (Å²) in [5, 5.41) is 3.56. The second kappa shape index (κ2) is 11.6. The first-order valence-corrected chi connectivity index (χ1v) is 16.5. The predicted molar refractivity (Wildman–Crippen MR) is 168 cm³/mol. The minimum Gasteiger partial charge on any atom is -0.443 e. The number of amides is 1. The molecule has 0 radical (unpaired) electrons. The number of carbonyl (C=O) groups excluding carboxylic acids is 2. The smallest absolute Gasteiger partial charge is 0.419 e. The van der Waals surface area contributed by atoms with Gasteiger partial charge in [0.2, 0.25) is 0 Å². The molecule has 236 valence electrons. The maximum Gasteiger partial charge on any atom is 0.419 e. The molecule has 3 aromatic carbocycles. The van der Waals surface area contributed by atoms with Crippen LogP contribution in [0, 0.1) is 12.7 Å². The number of carbonyl (C=O) groups is 2. The van der Waals surface area contributed by atoms with Gasteiger partial charge in [0.15, 0.2) is 0 Å². The second-order valence-electron chi connectivity index (χ2n) is 12.7. The van der Waals surface area contributed by atoms with Crippen LogP contribution in [0.4, 0.5) is 9.18 Å². The van der Waals surface area contributed by atoms with Gasteiger partial charge in [0, 0.05) is 29.6 Å². The molecule has 11 heteroatoms. The Balaban J connectivity index is 1.46. The van der Waals surface area contributed by atoms with Crippen LogP contribution in [0.25, 0.3) is 22.2 Å². The molecule has 0 aliphatic carbocycles. The molecule has 0 unspecified atom stereocenters. The standard InChI is InChI=1S/C34H36FN3O6S/c1-21-8-10-24(35)18-30(21)45(41,42)44-29-13-11-25(31-26(29)19-36-32(31)39)28-17-23-16-22(20-37-14-6-5-7-15-37)9-12-27(23)38(28)33(40)43-34(2,3)4/h8-13,16-18H,5-7,14-15,19-20H2,1-4H3,(H,36,39). The summed E-state index contributed by atoms with van der Waals surface area (Å²) >= 11 is 0. The van der Waals surface area contributed by atoms with Crippen molar-refractivity contribution in [1.29, 1.82) is 0 Å². The van der Waals surface area contributed by atoms with Crippen LogP contribution in [-0.4, -0.2) is 48.6 Å². The quantitative estimate of drug-likeness (QED) is 0.241. The van der Waals surface area contributed by atoms with Crippen LogP contribution in [-0.2, 0) is 27.9 Å². The number of piperidine rings is 1. The average Bonchev–Trinajstić information content (AvgIpc) is 3.55.